The maximum Gasteiger partial charge on any atom is 0.318 e. The molecule has 3 heteroatoms. The minimum absolute atomic E-state index is 0.328. The number of esters is 1. The Kier molecular flexibility index (Phi) is 7.16. The summed E-state index contributed by atoms with van der Waals surface area (Å²) in [5.41, 5.74) is -2.03. The Bertz CT molecular complexity index is 386. The van der Waals surface area contributed by atoms with Crippen molar-refractivity contribution in [3.63, 3.8) is 0 Å². The summed E-state index contributed by atoms with van der Waals surface area (Å²) in [7, 11) is 1.40. The van der Waals surface area contributed by atoms with Crippen molar-refractivity contribution in [1.82, 2.24) is 0 Å². The third kappa shape index (κ3) is 3.97. The average molecular weight is 294 g/mol. The second kappa shape index (κ2) is 8.38. The summed E-state index contributed by atoms with van der Waals surface area (Å²) >= 11 is 0. The van der Waals surface area contributed by atoms with Crippen molar-refractivity contribution in [1.29, 1.82) is 0 Å². The van der Waals surface area contributed by atoms with Crippen LogP contribution in [0, 0.1) is 5.41 Å². The highest BCUT2D eigenvalue weighted by Crippen LogP contribution is 2.49. The summed E-state index contributed by atoms with van der Waals surface area (Å²) in [5, 5.41) is 10.9. The molecule has 1 aliphatic carbocycles. The number of unbranched alkanes of at least 4 members (excludes halogenated alkanes) is 4. The molecule has 2 atom stereocenters. The van der Waals surface area contributed by atoms with E-state index in [1.807, 2.05) is 25.2 Å². The SMILES string of the molecule is C/C=C/C1(O)CCC[C@]1(/C=C/CCCCCC)C(=O)OC. The van der Waals surface area contributed by atoms with E-state index in [0.717, 1.165) is 19.3 Å². The molecule has 0 heterocycles. The molecular weight excluding hydrogens is 264 g/mol. The zero-order chi connectivity index (χ0) is 15.8. The van der Waals surface area contributed by atoms with Crippen molar-refractivity contribution >= 4 is 5.97 Å². The number of ether oxygens (including phenoxy) is 1. The van der Waals surface area contributed by atoms with Crippen LogP contribution in [0.4, 0.5) is 0 Å². The first-order chi connectivity index (χ1) is 10.1. The molecular formula is C18H30O3. The van der Waals surface area contributed by atoms with Crippen molar-refractivity contribution in [2.75, 3.05) is 7.11 Å². The Hall–Kier alpha value is -1.09. The minimum atomic E-state index is -1.12. The largest absolute Gasteiger partial charge is 0.468 e. The van der Waals surface area contributed by atoms with Crippen molar-refractivity contribution in [3.8, 4) is 0 Å². The van der Waals surface area contributed by atoms with Crippen LogP contribution in [0.5, 0.6) is 0 Å². The molecule has 0 saturated heterocycles. The molecule has 0 aromatic heterocycles. The van der Waals surface area contributed by atoms with Crippen LogP contribution in [-0.4, -0.2) is 23.8 Å². The normalized spacial score (nSPS) is 29.5. The molecule has 1 fully saturated rings. The summed E-state index contributed by atoms with van der Waals surface area (Å²) < 4.78 is 4.99. The fraction of sp³-hybridized carbons (Fsp3) is 0.722. The fourth-order valence-corrected chi connectivity index (χ4v) is 3.31. The van der Waals surface area contributed by atoms with Gasteiger partial charge in [0.15, 0.2) is 0 Å². The van der Waals surface area contributed by atoms with E-state index < -0.39 is 11.0 Å². The second-order valence-corrected chi connectivity index (χ2v) is 5.99. The van der Waals surface area contributed by atoms with E-state index in [9.17, 15) is 9.90 Å². The van der Waals surface area contributed by atoms with E-state index in [0.29, 0.717) is 12.8 Å². The summed E-state index contributed by atoms with van der Waals surface area (Å²) in [5.74, 6) is -0.328. The summed E-state index contributed by atoms with van der Waals surface area (Å²) in [6.07, 6.45) is 15.4. The Morgan fingerprint density at radius 3 is 2.62 bits per heavy atom. The first-order valence-corrected chi connectivity index (χ1v) is 8.18. The summed E-state index contributed by atoms with van der Waals surface area (Å²) in [6, 6.07) is 0. The molecule has 1 aliphatic rings. The highest BCUT2D eigenvalue weighted by molar-refractivity contribution is 5.82. The molecule has 1 N–H and O–H groups in total. The molecule has 0 aromatic rings. The van der Waals surface area contributed by atoms with Crippen LogP contribution in [0.1, 0.15) is 65.2 Å². The maximum atomic E-state index is 12.3. The van der Waals surface area contributed by atoms with Gasteiger partial charge in [-0.3, -0.25) is 4.79 Å². The minimum Gasteiger partial charge on any atom is -0.468 e. The topological polar surface area (TPSA) is 46.5 Å². The van der Waals surface area contributed by atoms with Crippen molar-refractivity contribution in [2.45, 2.75) is 70.8 Å². The molecule has 1 rings (SSSR count). The number of hydrogen-bond donors (Lipinski definition) is 1. The quantitative estimate of drug-likeness (QED) is 0.415. The Morgan fingerprint density at radius 1 is 1.24 bits per heavy atom. The van der Waals surface area contributed by atoms with Gasteiger partial charge in [-0.25, -0.2) is 0 Å². The van der Waals surface area contributed by atoms with Gasteiger partial charge >= 0.3 is 5.97 Å². The number of aliphatic hydroxyl groups is 1. The van der Waals surface area contributed by atoms with Crippen molar-refractivity contribution in [3.05, 3.63) is 24.3 Å². The van der Waals surface area contributed by atoms with E-state index in [2.05, 4.69) is 6.92 Å². The lowest BCUT2D eigenvalue weighted by atomic mass is 9.73. The molecule has 0 bridgehead atoms. The molecule has 0 aromatic carbocycles. The fourth-order valence-electron chi connectivity index (χ4n) is 3.31. The van der Waals surface area contributed by atoms with E-state index in [-0.39, 0.29) is 5.97 Å². The molecule has 1 saturated carbocycles. The second-order valence-electron chi connectivity index (χ2n) is 5.99. The highest BCUT2D eigenvalue weighted by Gasteiger charge is 2.56. The average Bonchev–Trinajstić information content (AvgIpc) is 2.80. The van der Waals surface area contributed by atoms with E-state index >= 15 is 0 Å². The third-order valence-corrected chi connectivity index (χ3v) is 4.52. The predicted molar refractivity (Wildman–Crippen MR) is 86.0 cm³/mol. The lowest BCUT2D eigenvalue weighted by Gasteiger charge is -2.35. The number of rotatable bonds is 8. The van der Waals surface area contributed by atoms with Gasteiger partial charge in [-0.1, -0.05) is 50.5 Å². The van der Waals surface area contributed by atoms with Gasteiger partial charge in [0.2, 0.25) is 0 Å². The zero-order valence-electron chi connectivity index (χ0n) is 13.7. The number of carbonyl (C=O) groups excluding carboxylic acids is 1. The standard InChI is InChI=1S/C18H30O3/c1-4-6-7-8-9-10-13-17(16(19)21-3)14-11-15-18(17,20)12-5-2/h5,10,12-13,20H,4,6-9,11,14-15H2,1-3H3/b12-5+,13-10+/t17-,18?/m1/s1. The number of hydrogen-bond acceptors (Lipinski definition) is 3. The van der Waals surface area contributed by atoms with Gasteiger partial charge in [-0.15, -0.1) is 0 Å². The molecule has 1 unspecified atom stereocenters. The van der Waals surface area contributed by atoms with Crippen molar-refractivity contribution in [2.24, 2.45) is 5.41 Å². The van der Waals surface area contributed by atoms with Gasteiger partial charge in [-0.05, 0) is 39.0 Å². The van der Waals surface area contributed by atoms with Gasteiger partial charge in [0.05, 0.1) is 7.11 Å². The molecule has 120 valence electrons. The van der Waals surface area contributed by atoms with Gasteiger partial charge in [0.25, 0.3) is 0 Å². The summed E-state index contributed by atoms with van der Waals surface area (Å²) in [6.45, 7) is 4.06. The first kappa shape index (κ1) is 18.0. The van der Waals surface area contributed by atoms with Crippen LogP contribution in [-0.2, 0) is 9.53 Å². The first-order valence-electron chi connectivity index (χ1n) is 8.18. The number of carbonyl (C=O) groups is 1. The summed E-state index contributed by atoms with van der Waals surface area (Å²) in [4.78, 5) is 12.3. The molecule has 0 radical (unpaired) electrons. The molecule has 0 spiro atoms. The maximum absolute atomic E-state index is 12.3. The van der Waals surface area contributed by atoms with E-state index in [1.54, 1.807) is 6.08 Å². The Morgan fingerprint density at radius 2 is 2.00 bits per heavy atom. The van der Waals surface area contributed by atoms with Gasteiger partial charge in [0, 0.05) is 0 Å². The Labute approximate surface area is 129 Å². The van der Waals surface area contributed by atoms with Crippen LogP contribution in [0.3, 0.4) is 0 Å². The van der Waals surface area contributed by atoms with Crippen LogP contribution in [0.15, 0.2) is 24.3 Å². The van der Waals surface area contributed by atoms with Crippen molar-refractivity contribution < 1.29 is 14.6 Å². The van der Waals surface area contributed by atoms with E-state index in [4.69, 9.17) is 4.74 Å². The van der Waals surface area contributed by atoms with E-state index in [1.165, 1.54) is 26.4 Å². The molecule has 3 nitrogen and oxygen atoms in total. The third-order valence-electron chi connectivity index (χ3n) is 4.52. The smallest absolute Gasteiger partial charge is 0.318 e. The number of allylic oxidation sites excluding steroid dienone is 2. The molecule has 0 amide bonds. The molecule has 21 heavy (non-hydrogen) atoms. The van der Waals surface area contributed by atoms with Crippen LogP contribution < -0.4 is 0 Å². The lowest BCUT2D eigenvalue weighted by Crippen LogP contribution is -2.47. The van der Waals surface area contributed by atoms with Gasteiger partial charge in [-0.2, -0.15) is 0 Å². The van der Waals surface area contributed by atoms with Crippen LogP contribution >= 0.6 is 0 Å². The van der Waals surface area contributed by atoms with Crippen LogP contribution in [0.25, 0.3) is 0 Å². The lowest BCUT2D eigenvalue weighted by molar-refractivity contribution is -0.158. The highest BCUT2D eigenvalue weighted by atomic mass is 16.5. The molecule has 0 aliphatic heterocycles. The monoisotopic (exact) mass is 294 g/mol. The van der Waals surface area contributed by atoms with Crippen LogP contribution in [0.2, 0.25) is 0 Å². The zero-order valence-corrected chi connectivity index (χ0v) is 13.7. The number of methoxy groups -OCH3 is 1. The van der Waals surface area contributed by atoms with Gasteiger partial charge < -0.3 is 9.84 Å². The predicted octanol–water partition coefficient (Wildman–Crippen LogP) is 4.16. The Balaban J connectivity index is 2.85. The van der Waals surface area contributed by atoms with Gasteiger partial charge in [0.1, 0.15) is 11.0 Å².